The monoisotopic (exact) mass is 235 g/mol. The lowest BCUT2D eigenvalue weighted by molar-refractivity contribution is -0.149. The molecule has 4 nitrogen and oxygen atoms in total. The number of methoxy groups -OCH3 is 1. The molecule has 0 bridgehead atoms. The van der Waals surface area contributed by atoms with Gasteiger partial charge in [0, 0.05) is 13.1 Å². The first-order valence-electron chi connectivity index (χ1n) is 5.59. The van der Waals surface area contributed by atoms with Crippen molar-refractivity contribution < 1.29 is 14.6 Å². The van der Waals surface area contributed by atoms with Gasteiger partial charge in [0.05, 0.1) is 7.11 Å². The molecule has 17 heavy (non-hydrogen) atoms. The van der Waals surface area contributed by atoms with Crippen LogP contribution in [0.3, 0.4) is 0 Å². The lowest BCUT2D eigenvalue weighted by atomic mass is 10.0. The van der Waals surface area contributed by atoms with E-state index in [4.69, 9.17) is 4.74 Å². The molecule has 0 saturated heterocycles. The summed E-state index contributed by atoms with van der Waals surface area (Å²) < 4.78 is 5.17. The van der Waals surface area contributed by atoms with E-state index in [1.54, 1.807) is 21.0 Å². The average molecular weight is 235 g/mol. The highest BCUT2D eigenvalue weighted by Gasteiger charge is 2.37. The Morgan fingerprint density at radius 3 is 2.59 bits per heavy atom. The number of aliphatic carboxylic acids is 1. The number of fused-ring (bicyclic) bond motifs is 1. The highest BCUT2D eigenvalue weighted by molar-refractivity contribution is 5.77. The van der Waals surface area contributed by atoms with Gasteiger partial charge in [0.15, 0.2) is 0 Å². The topological polar surface area (TPSA) is 49.8 Å². The molecule has 92 valence electrons. The van der Waals surface area contributed by atoms with Gasteiger partial charge in [0.2, 0.25) is 0 Å². The molecule has 1 aromatic carbocycles. The summed E-state index contributed by atoms with van der Waals surface area (Å²) in [7, 11) is 1.63. The summed E-state index contributed by atoms with van der Waals surface area (Å²) in [6.45, 7) is 4.81. The van der Waals surface area contributed by atoms with Crippen molar-refractivity contribution in [2.75, 3.05) is 7.11 Å². The van der Waals surface area contributed by atoms with Crippen LogP contribution in [0.2, 0.25) is 0 Å². The van der Waals surface area contributed by atoms with Crippen LogP contribution < -0.4 is 4.74 Å². The molecule has 0 saturated carbocycles. The van der Waals surface area contributed by atoms with E-state index in [1.807, 2.05) is 23.1 Å². The van der Waals surface area contributed by atoms with Gasteiger partial charge in [0.25, 0.3) is 0 Å². The van der Waals surface area contributed by atoms with Crippen LogP contribution in [-0.2, 0) is 17.9 Å². The molecule has 0 aliphatic carbocycles. The second-order valence-electron chi connectivity index (χ2n) is 4.85. The Morgan fingerprint density at radius 2 is 2.00 bits per heavy atom. The summed E-state index contributed by atoms with van der Waals surface area (Å²) in [5, 5.41) is 9.22. The predicted octanol–water partition coefficient (Wildman–Crippen LogP) is 1.87. The van der Waals surface area contributed by atoms with E-state index in [1.165, 1.54) is 5.56 Å². The maximum Gasteiger partial charge on any atom is 0.323 e. The molecule has 1 N–H and O–H groups in total. The fraction of sp³-hybridized carbons (Fsp3) is 0.462. The van der Waals surface area contributed by atoms with Gasteiger partial charge in [-0.25, -0.2) is 0 Å². The van der Waals surface area contributed by atoms with Gasteiger partial charge in [0.1, 0.15) is 11.3 Å². The van der Waals surface area contributed by atoms with Crippen molar-refractivity contribution >= 4 is 5.97 Å². The molecule has 0 radical (unpaired) electrons. The van der Waals surface area contributed by atoms with Gasteiger partial charge in [-0.05, 0) is 37.1 Å². The van der Waals surface area contributed by atoms with Crippen LogP contribution in [0.5, 0.6) is 5.75 Å². The molecule has 0 atom stereocenters. The van der Waals surface area contributed by atoms with Crippen molar-refractivity contribution in [3.05, 3.63) is 29.3 Å². The minimum absolute atomic E-state index is 0.659. The molecule has 1 aliphatic heterocycles. The number of hydrogen-bond donors (Lipinski definition) is 1. The van der Waals surface area contributed by atoms with Crippen LogP contribution in [0.1, 0.15) is 25.0 Å². The summed E-state index contributed by atoms with van der Waals surface area (Å²) in [5.74, 6) is 0.0241. The molecule has 1 aliphatic rings. The van der Waals surface area contributed by atoms with Crippen LogP contribution in [-0.4, -0.2) is 28.6 Å². The number of benzene rings is 1. The summed E-state index contributed by atoms with van der Waals surface area (Å²) in [5.41, 5.74) is 1.49. The standard InChI is InChI=1S/C13H17NO3/c1-13(2,12(15)16)14-7-9-4-5-11(17-3)6-10(9)8-14/h4-6H,7-8H2,1-3H3,(H,15,16). The normalized spacial score (nSPS) is 15.7. The van der Waals surface area contributed by atoms with Crippen molar-refractivity contribution in [2.45, 2.75) is 32.5 Å². The largest absolute Gasteiger partial charge is 0.497 e. The van der Waals surface area contributed by atoms with E-state index >= 15 is 0 Å². The third-order valence-corrected chi connectivity index (χ3v) is 3.45. The Hall–Kier alpha value is -1.55. The number of carboxylic acids is 1. The van der Waals surface area contributed by atoms with Crippen molar-refractivity contribution in [1.29, 1.82) is 0 Å². The van der Waals surface area contributed by atoms with Gasteiger partial charge >= 0.3 is 5.97 Å². The van der Waals surface area contributed by atoms with E-state index in [0.717, 1.165) is 11.3 Å². The average Bonchev–Trinajstić information content (AvgIpc) is 2.71. The summed E-state index contributed by atoms with van der Waals surface area (Å²) >= 11 is 0. The second-order valence-corrected chi connectivity index (χ2v) is 4.85. The third kappa shape index (κ3) is 2.00. The molecule has 1 heterocycles. The van der Waals surface area contributed by atoms with Crippen LogP contribution in [0.25, 0.3) is 0 Å². The maximum atomic E-state index is 11.2. The molecule has 0 spiro atoms. The molecule has 0 fully saturated rings. The number of rotatable bonds is 3. The van der Waals surface area contributed by atoms with E-state index in [9.17, 15) is 9.90 Å². The Labute approximate surface area is 101 Å². The van der Waals surface area contributed by atoms with Crippen molar-refractivity contribution in [3.8, 4) is 5.75 Å². The van der Waals surface area contributed by atoms with Gasteiger partial charge in [-0.15, -0.1) is 0 Å². The Morgan fingerprint density at radius 1 is 1.35 bits per heavy atom. The molecule has 2 rings (SSSR count). The quantitative estimate of drug-likeness (QED) is 0.869. The van der Waals surface area contributed by atoms with Crippen molar-refractivity contribution in [1.82, 2.24) is 4.90 Å². The van der Waals surface area contributed by atoms with Crippen molar-refractivity contribution in [2.24, 2.45) is 0 Å². The smallest absolute Gasteiger partial charge is 0.323 e. The molecule has 1 aromatic rings. The van der Waals surface area contributed by atoms with Crippen LogP contribution in [0.15, 0.2) is 18.2 Å². The Balaban J connectivity index is 2.24. The predicted molar refractivity (Wildman–Crippen MR) is 64.0 cm³/mol. The van der Waals surface area contributed by atoms with E-state index in [2.05, 4.69) is 0 Å². The first kappa shape index (κ1) is 11.9. The van der Waals surface area contributed by atoms with E-state index in [0.29, 0.717) is 13.1 Å². The zero-order chi connectivity index (χ0) is 12.6. The maximum absolute atomic E-state index is 11.2. The SMILES string of the molecule is COc1ccc2c(c1)CN(C(C)(C)C(=O)O)C2. The minimum atomic E-state index is -0.841. The van der Waals surface area contributed by atoms with E-state index in [-0.39, 0.29) is 0 Å². The number of nitrogens with zero attached hydrogens (tertiary/aromatic N) is 1. The van der Waals surface area contributed by atoms with E-state index < -0.39 is 11.5 Å². The van der Waals surface area contributed by atoms with Gasteiger partial charge < -0.3 is 9.84 Å². The Kier molecular flexibility index (Phi) is 2.83. The lowest BCUT2D eigenvalue weighted by Gasteiger charge is -2.30. The first-order valence-corrected chi connectivity index (χ1v) is 5.59. The highest BCUT2D eigenvalue weighted by Crippen LogP contribution is 2.31. The van der Waals surface area contributed by atoms with Crippen molar-refractivity contribution in [3.63, 3.8) is 0 Å². The summed E-state index contributed by atoms with van der Waals surface area (Å²) in [6.07, 6.45) is 0. The minimum Gasteiger partial charge on any atom is -0.497 e. The molecule has 4 heteroatoms. The fourth-order valence-corrected chi connectivity index (χ4v) is 2.03. The second kappa shape index (κ2) is 4.04. The molecule has 0 aromatic heterocycles. The van der Waals surface area contributed by atoms with Crippen LogP contribution in [0, 0.1) is 0 Å². The molecular weight excluding hydrogens is 218 g/mol. The van der Waals surface area contributed by atoms with Crippen LogP contribution in [0.4, 0.5) is 0 Å². The number of hydrogen-bond acceptors (Lipinski definition) is 3. The van der Waals surface area contributed by atoms with Crippen LogP contribution >= 0.6 is 0 Å². The lowest BCUT2D eigenvalue weighted by Crippen LogP contribution is -2.47. The molecule has 0 amide bonds. The van der Waals surface area contributed by atoms with Gasteiger partial charge in [-0.3, -0.25) is 9.69 Å². The summed E-state index contributed by atoms with van der Waals surface area (Å²) in [6, 6.07) is 5.90. The summed E-state index contributed by atoms with van der Waals surface area (Å²) in [4.78, 5) is 13.2. The number of carbonyl (C=O) groups is 1. The number of carboxylic acid groups (broad SMARTS) is 1. The third-order valence-electron chi connectivity index (χ3n) is 3.45. The fourth-order valence-electron chi connectivity index (χ4n) is 2.03. The zero-order valence-corrected chi connectivity index (χ0v) is 10.4. The molecular formula is C13H17NO3. The Bertz CT molecular complexity index is 454. The first-order chi connectivity index (χ1) is 7.95. The molecule has 0 unspecified atom stereocenters. The zero-order valence-electron chi connectivity index (χ0n) is 10.4. The highest BCUT2D eigenvalue weighted by atomic mass is 16.5. The van der Waals surface area contributed by atoms with Gasteiger partial charge in [-0.1, -0.05) is 6.07 Å². The van der Waals surface area contributed by atoms with Gasteiger partial charge in [-0.2, -0.15) is 0 Å². The number of ether oxygens (including phenoxy) is 1.